The van der Waals surface area contributed by atoms with Gasteiger partial charge < -0.3 is 5.73 Å². The zero-order chi connectivity index (χ0) is 17.2. The normalized spacial score (nSPS) is 22.3. The second-order valence-corrected chi connectivity index (χ2v) is 6.24. The van der Waals surface area contributed by atoms with E-state index >= 15 is 0 Å². The van der Waals surface area contributed by atoms with Crippen LogP contribution in [0.25, 0.3) is 5.69 Å². The zero-order valence-electron chi connectivity index (χ0n) is 13.3. The summed E-state index contributed by atoms with van der Waals surface area (Å²) in [6.07, 6.45) is 0.775. The quantitative estimate of drug-likeness (QED) is 0.903. The minimum Gasteiger partial charge on any atom is -0.316 e. The molecule has 2 unspecified atom stereocenters. The lowest BCUT2D eigenvalue weighted by Gasteiger charge is -2.19. The van der Waals surface area contributed by atoms with E-state index in [9.17, 15) is 13.2 Å². The molecular weight excluding hydrogens is 317 g/mol. The van der Waals surface area contributed by atoms with Crippen LogP contribution in [0.2, 0.25) is 0 Å². The van der Waals surface area contributed by atoms with E-state index in [0.29, 0.717) is 5.69 Å². The van der Waals surface area contributed by atoms with Gasteiger partial charge in [-0.1, -0.05) is 31.0 Å². The van der Waals surface area contributed by atoms with Gasteiger partial charge >= 0.3 is 6.18 Å². The number of rotatable bonds is 3. The Kier molecular flexibility index (Phi) is 4.91. The van der Waals surface area contributed by atoms with E-state index in [1.165, 1.54) is 10.9 Å². The number of hydrogen-bond donors (Lipinski definition) is 2. The number of nitrogens with zero attached hydrogens (tertiary/aromatic N) is 2. The van der Waals surface area contributed by atoms with Crippen molar-refractivity contribution in [3.05, 3.63) is 47.8 Å². The number of alkyl halides is 3. The molecule has 1 fully saturated rings. The summed E-state index contributed by atoms with van der Waals surface area (Å²) in [4.78, 5) is 0. The molecule has 0 amide bonds. The Bertz CT molecular complexity index is 666. The average Bonchev–Trinajstić information content (AvgIpc) is 2.85. The standard InChI is InChI=1S/C17H21F3N4/c18-17(19,20)16-12(10-13-6-4-5-9-15(21)22-13)11-24(23-16)14-7-2-1-3-8-14/h1-3,7-8,11,13,15,22H,4-6,9-10,21H2. The lowest BCUT2D eigenvalue weighted by molar-refractivity contribution is -0.142. The van der Waals surface area contributed by atoms with Crippen LogP contribution in [0.5, 0.6) is 0 Å². The lowest BCUT2D eigenvalue weighted by Crippen LogP contribution is -2.43. The van der Waals surface area contributed by atoms with Crippen LogP contribution >= 0.6 is 0 Å². The molecule has 1 aliphatic rings. The highest BCUT2D eigenvalue weighted by Crippen LogP contribution is 2.32. The SMILES string of the molecule is NC1CCCCC(Cc2cn(-c3ccccc3)nc2C(F)(F)F)N1. The van der Waals surface area contributed by atoms with Crippen molar-refractivity contribution in [1.82, 2.24) is 15.1 Å². The largest absolute Gasteiger partial charge is 0.435 e. The van der Waals surface area contributed by atoms with Crippen LogP contribution < -0.4 is 11.1 Å². The van der Waals surface area contributed by atoms with Crippen LogP contribution in [0.3, 0.4) is 0 Å². The molecule has 1 aromatic heterocycles. The first kappa shape index (κ1) is 17.0. The van der Waals surface area contributed by atoms with E-state index in [2.05, 4.69) is 10.4 Å². The molecule has 0 spiro atoms. The summed E-state index contributed by atoms with van der Waals surface area (Å²) in [5, 5.41) is 7.02. The maximum atomic E-state index is 13.4. The Hall–Kier alpha value is -1.86. The number of nitrogens with one attached hydrogen (secondary N) is 1. The number of aromatic nitrogens is 2. The van der Waals surface area contributed by atoms with Crippen LogP contribution in [0.4, 0.5) is 13.2 Å². The van der Waals surface area contributed by atoms with Crippen molar-refractivity contribution in [2.75, 3.05) is 0 Å². The van der Waals surface area contributed by atoms with Crippen molar-refractivity contribution < 1.29 is 13.2 Å². The molecule has 2 aromatic rings. The number of halogens is 3. The predicted octanol–water partition coefficient (Wildman–Crippen LogP) is 3.25. The highest BCUT2D eigenvalue weighted by molar-refractivity contribution is 5.33. The topological polar surface area (TPSA) is 55.9 Å². The van der Waals surface area contributed by atoms with E-state index in [0.717, 1.165) is 25.7 Å². The number of hydrogen-bond acceptors (Lipinski definition) is 3. The van der Waals surface area contributed by atoms with Crippen molar-refractivity contribution >= 4 is 0 Å². The molecule has 1 aromatic carbocycles. The average molecular weight is 338 g/mol. The van der Waals surface area contributed by atoms with Gasteiger partial charge in [0.2, 0.25) is 0 Å². The zero-order valence-corrected chi connectivity index (χ0v) is 13.3. The van der Waals surface area contributed by atoms with E-state index in [1.807, 2.05) is 6.07 Å². The minimum absolute atomic E-state index is 0.0583. The Morgan fingerprint density at radius 1 is 1.17 bits per heavy atom. The van der Waals surface area contributed by atoms with Gasteiger partial charge in [-0.25, -0.2) is 4.68 Å². The molecule has 4 nitrogen and oxygen atoms in total. The first-order chi connectivity index (χ1) is 11.4. The second kappa shape index (κ2) is 6.94. The third kappa shape index (κ3) is 3.96. The van der Waals surface area contributed by atoms with Crippen molar-refractivity contribution in [2.45, 2.75) is 50.5 Å². The number of para-hydroxylation sites is 1. The molecule has 2 heterocycles. The molecule has 0 aliphatic carbocycles. The van der Waals surface area contributed by atoms with Gasteiger partial charge in [0.05, 0.1) is 11.9 Å². The molecule has 2 atom stereocenters. The molecule has 7 heteroatoms. The Morgan fingerprint density at radius 3 is 2.58 bits per heavy atom. The first-order valence-electron chi connectivity index (χ1n) is 8.16. The summed E-state index contributed by atoms with van der Waals surface area (Å²) >= 11 is 0. The van der Waals surface area contributed by atoms with Crippen molar-refractivity contribution in [3.8, 4) is 5.69 Å². The van der Waals surface area contributed by atoms with E-state index in [-0.39, 0.29) is 24.2 Å². The lowest BCUT2D eigenvalue weighted by atomic mass is 10.0. The molecule has 0 saturated carbocycles. The van der Waals surface area contributed by atoms with Gasteiger partial charge in [0.1, 0.15) is 0 Å². The maximum Gasteiger partial charge on any atom is 0.435 e. The van der Waals surface area contributed by atoms with Crippen LogP contribution in [0.1, 0.15) is 36.9 Å². The molecule has 1 aliphatic heterocycles. The van der Waals surface area contributed by atoms with Gasteiger partial charge in [0.25, 0.3) is 0 Å². The second-order valence-electron chi connectivity index (χ2n) is 6.24. The predicted molar refractivity (Wildman–Crippen MR) is 85.6 cm³/mol. The van der Waals surface area contributed by atoms with Gasteiger partial charge in [-0.15, -0.1) is 0 Å². The minimum atomic E-state index is -4.47. The number of benzene rings is 1. The van der Waals surface area contributed by atoms with Gasteiger partial charge in [0.15, 0.2) is 5.69 Å². The van der Waals surface area contributed by atoms with Gasteiger partial charge in [0, 0.05) is 17.8 Å². The van der Waals surface area contributed by atoms with Crippen LogP contribution in [0, 0.1) is 0 Å². The Labute approximate surface area is 138 Å². The van der Waals surface area contributed by atoms with Crippen molar-refractivity contribution in [1.29, 1.82) is 0 Å². The molecule has 1 saturated heterocycles. The maximum absolute atomic E-state index is 13.4. The van der Waals surface area contributed by atoms with E-state index in [1.54, 1.807) is 24.3 Å². The molecule has 130 valence electrons. The fourth-order valence-electron chi connectivity index (χ4n) is 3.16. The molecule has 3 N–H and O–H groups in total. The number of nitrogens with two attached hydrogens (primary N) is 1. The third-order valence-corrected chi connectivity index (χ3v) is 4.31. The molecule has 3 rings (SSSR count). The van der Waals surface area contributed by atoms with Crippen molar-refractivity contribution in [2.24, 2.45) is 5.73 Å². The summed E-state index contributed by atoms with van der Waals surface area (Å²) in [6.45, 7) is 0. The summed E-state index contributed by atoms with van der Waals surface area (Å²) in [5.41, 5.74) is 5.95. The van der Waals surface area contributed by atoms with Gasteiger partial charge in [-0.05, 0) is 31.4 Å². The monoisotopic (exact) mass is 338 g/mol. The van der Waals surface area contributed by atoms with Crippen LogP contribution in [0.15, 0.2) is 36.5 Å². The Balaban J connectivity index is 1.89. The highest BCUT2D eigenvalue weighted by atomic mass is 19.4. The van der Waals surface area contributed by atoms with Gasteiger partial charge in [-0.3, -0.25) is 5.32 Å². The summed E-state index contributed by atoms with van der Waals surface area (Å²) in [7, 11) is 0. The summed E-state index contributed by atoms with van der Waals surface area (Å²) in [5.74, 6) is 0. The summed E-state index contributed by atoms with van der Waals surface area (Å²) in [6, 6.07) is 8.77. The Morgan fingerprint density at radius 2 is 1.88 bits per heavy atom. The van der Waals surface area contributed by atoms with Crippen LogP contribution in [-0.4, -0.2) is 22.0 Å². The van der Waals surface area contributed by atoms with Crippen molar-refractivity contribution in [3.63, 3.8) is 0 Å². The molecule has 0 radical (unpaired) electrons. The van der Waals surface area contributed by atoms with Crippen LogP contribution in [-0.2, 0) is 12.6 Å². The molecule has 0 bridgehead atoms. The van der Waals surface area contributed by atoms with Gasteiger partial charge in [-0.2, -0.15) is 18.3 Å². The third-order valence-electron chi connectivity index (χ3n) is 4.31. The molecular formula is C17H21F3N4. The first-order valence-corrected chi connectivity index (χ1v) is 8.16. The fraction of sp³-hybridized carbons (Fsp3) is 0.471. The fourth-order valence-corrected chi connectivity index (χ4v) is 3.16. The van der Waals surface area contributed by atoms with E-state index in [4.69, 9.17) is 5.73 Å². The summed E-state index contributed by atoms with van der Waals surface area (Å²) < 4.78 is 41.4. The smallest absolute Gasteiger partial charge is 0.316 e. The highest BCUT2D eigenvalue weighted by Gasteiger charge is 2.37. The van der Waals surface area contributed by atoms with E-state index < -0.39 is 11.9 Å². The molecule has 24 heavy (non-hydrogen) atoms.